The van der Waals surface area contributed by atoms with E-state index in [1.807, 2.05) is 6.92 Å². The van der Waals surface area contributed by atoms with Gasteiger partial charge in [0.05, 0.1) is 6.61 Å². The van der Waals surface area contributed by atoms with Gasteiger partial charge in [0.15, 0.2) is 0 Å². The van der Waals surface area contributed by atoms with Crippen LogP contribution in [0.4, 0.5) is 11.9 Å². The summed E-state index contributed by atoms with van der Waals surface area (Å²) in [5.74, 6) is 1.07. The minimum Gasteiger partial charge on any atom is -0.463 e. The Morgan fingerprint density at radius 1 is 0.900 bits per heavy atom. The lowest BCUT2D eigenvalue weighted by Gasteiger charge is -2.10. The van der Waals surface area contributed by atoms with Crippen LogP contribution in [0.1, 0.15) is 33.1 Å². The van der Waals surface area contributed by atoms with Gasteiger partial charge in [0.1, 0.15) is 0 Å². The molecule has 0 aliphatic carbocycles. The van der Waals surface area contributed by atoms with Crippen LogP contribution in [0, 0.1) is 0 Å². The maximum absolute atomic E-state index is 5.48. The van der Waals surface area contributed by atoms with Crippen LogP contribution in [0.15, 0.2) is 0 Å². The van der Waals surface area contributed by atoms with E-state index < -0.39 is 0 Å². The molecule has 0 atom stereocenters. The van der Waals surface area contributed by atoms with Crippen molar-refractivity contribution in [2.75, 3.05) is 44.0 Å². The molecule has 1 heterocycles. The third kappa shape index (κ3) is 6.51. The number of methoxy groups -OCH3 is 1. The van der Waals surface area contributed by atoms with Crippen LogP contribution >= 0.6 is 0 Å². The minimum atomic E-state index is 0.356. The summed E-state index contributed by atoms with van der Waals surface area (Å²) >= 11 is 0. The monoisotopic (exact) mass is 283 g/mol. The maximum Gasteiger partial charge on any atom is 0.323 e. The van der Waals surface area contributed by atoms with Crippen molar-refractivity contribution in [3.63, 3.8) is 0 Å². The van der Waals surface area contributed by atoms with E-state index >= 15 is 0 Å². The first-order valence-corrected chi connectivity index (χ1v) is 7.15. The highest BCUT2D eigenvalue weighted by Gasteiger charge is 2.06. The first-order chi connectivity index (χ1) is 9.80. The molecule has 7 heteroatoms. The highest BCUT2D eigenvalue weighted by atomic mass is 16.5. The molecule has 0 saturated carbocycles. The van der Waals surface area contributed by atoms with Gasteiger partial charge in [-0.05, 0) is 19.3 Å². The average molecular weight is 283 g/mol. The number of ether oxygens (including phenoxy) is 2. The number of hydrogen-bond donors (Lipinski definition) is 2. The van der Waals surface area contributed by atoms with Crippen LogP contribution in [0.2, 0.25) is 0 Å². The average Bonchev–Trinajstić information content (AvgIpc) is 2.47. The van der Waals surface area contributed by atoms with Crippen LogP contribution in [0.3, 0.4) is 0 Å². The SMILES string of the molecule is CCCNc1nc(NCCCOC)nc(OCCC)n1. The van der Waals surface area contributed by atoms with Gasteiger partial charge >= 0.3 is 6.01 Å². The number of anilines is 2. The van der Waals surface area contributed by atoms with Crippen molar-refractivity contribution in [1.29, 1.82) is 0 Å². The third-order valence-electron chi connectivity index (χ3n) is 2.39. The van der Waals surface area contributed by atoms with Crippen molar-refractivity contribution in [2.45, 2.75) is 33.1 Å². The highest BCUT2D eigenvalue weighted by molar-refractivity contribution is 5.35. The Morgan fingerprint density at radius 2 is 1.60 bits per heavy atom. The van der Waals surface area contributed by atoms with Crippen LogP contribution in [0.5, 0.6) is 6.01 Å². The highest BCUT2D eigenvalue weighted by Crippen LogP contribution is 2.11. The van der Waals surface area contributed by atoms with Gasteiger partial charge in [0.2, 0.25) is 11.9 Å². The van der Waals surface area contributed by atoms with E-state index in [4.69, 9.17) is 9.47 Å². The van der Waals surface area contributed by atoms with Crippen molar-refractivity contribution in [2.24, 2.45) is 0 Å². The molecule has 0 fully saturated rings. The van der Waals surface area contributed by atoms with Crippen molar-refractivity contribution >= 4 is 11.9 Å². The van der Waals surface area contributed by atoms with Crippen LogP contribution in [-0.2, 0) is 4.74 Å². The molecule has 20 heavy (non-hydrogen) atoms. The molecule has 0 radical (unpaired) electrons. The topological polar surface area (TPSA) is 81.2 Å². The second kappa shape index (κ2) is 10.2. The van der Waals surface area contributed by atoms with Crippen molar-refractivity contribution in [3.8, 4) is 6.01 Å². The molecule has 1 rings (SSSR count). The lowest BCUT2D eigenvalue weighted by atomic mass is 10.4. The number of nitrogens with one attached hydrogen (secondary N) is 2. The smallest absolute Gasteiger partial charge is 0.323 e. The van der Waals surface area contributed by atoms with E-state index in [9.17, 15) is 0 Å². The zero-order chi connectivity index (χ0) is 14.6. The maximum atomic E-state index is 5.48. The van der Waals surface area contributed by atoms with E-state index in [2.05, 4.69) is 32.5 Å². The molecule has 0 spiro atoms. The van der Waals surface area contributed by atoms with Crippen molar-refractivity contribution < 1.29 is 9.47 Å². The molecule has 114 valence electrons. The summed E-state index contributed by atoms with van der Waals surface area (Å²) < 4.78 is 10.5. The largest absolute Gasteiger partial charge is 0.463 e. The summed E-state index contributed by atoms with van der Waals surface area (Å²) in [7, 11) is 1.69. The molecule has 2 N–H and O–H groups in total. The number of aromatic nitrogens is 3. The molecule has 0 bridgehead atoms. The second-order valence-corrected chi connectivity index (χ2v) is 4.31. The standard InChI is InChI=1S/C13H25N5O2/c1-4-7-14-11-16-12(15-8-6-10-19-3)18-13(17-11)20-9-5-2/h4-10H2,1-3H3,(H2,14,15,16,17,18). The summed E-state index contributed by atoms with van der Waals surface area (Å²) in [5.41, 5.74) is 0. The Bertz CT molecular complexity index is 350. The first kappa shape index (κ1) is 16.4. The van der Waals surface area contributed by atoms with Crippen LogP contribution < -0.4 is 15.4 Å². The van der Waals surface area contributed by atoms with Crippen molar-refractivity contribution in [1.82, 2.24) is 15.0 Å². The van der Waals surface area contributed by atoms with E-state index in [0.29, 0.717) is 31.1 Å². The molecule has 0 aliphatic rings. The number of nitrogens with zero attached hydrogens (tertiary/aromatic N) is 3. The van der Waals surface area contributed by atoms with Gasteiger partial charge in [0.25, 0.3) is 0 Å². The number of rotatable bonds is 11. The fourth-order valence-corrected chi connectivity index (χ4v) is 1.43. The molecule has 0 amide bonds. The predicted molar refractivity (Wildman–Crippen MR) is 79.4 cm³/mol. The van der Waals surface area contributed by atoms with E-state index in [1.165, 1.54) is 0 Å². The van der Waals surface area contributed by atoms with Gasteiger partial charge in [-0.3, -0.25) is 0 Å². The van der Waals surface area contributed by atoms with E-state index in [1.54, 1.807) is 7.11 Å². The number of hydrogen-bond acceptors (Lipinski definition) is 7. The molecule has 1 aromatic rings. The second-order valence-electron chi connectivity index (χ2n) is 4.31. The molecule has 0 unspecified atom stereocenters. The normalized spacial score (nSPS) is 10.3. The van der Waals surface area contributed by atoms with Gasteiger partial charge in [-0.1, -0.05) is 13.8 Å². The lowest BCUT2D eigenvalue weighted by molar-refractivity contribution is 0.197. The third-order valence-corrected chi connectivity index (χ3v) is 2.39. The lowest BCUT2D eigenvalue weighted by Crippen LogP contribution is -2.13. The van der Waals surface area contributed by atoms with Gasteiger partial charge in [-0.25, -0.2) is 0 Å². The summed E-state index contributed by atoms with van der Waals surface area (Å²) in [6.07, 6.45) is 2.82. The molecule has 0 saturated heterocycles. The minimum absolute atomic E-state index is 0.356. The van der Waals surface area contributed by atoms with Crippen LogP contribution in [-0.4, -0.2) is 48.4 Å². The predicted octanol–water partition coefficient (Wildman–Crippen LogP) is 1.93. The Morgan fingerprint density at radius 3 is 2.20 bits per heavy atom. The molecule has 0 aromatic carbocycles. The van der Waals surface area contributed by atoms with Gasteiger partial charge in [-0.2, -0.15) is 15.0 Å². The van der Waals surface area contributed by atoms with E-state index in [-0.39, 0.29) is 0 Å². The summed E-state index contributed by atoms with van der Waals surface area (Å²) in [5, 5.41) is 6.30. The quantitative estimate of drug-likeness (QED) is 0.600. The van der Waals surface area contributed by atoms with Gasteiger partial charge < -0.3 is 20.1 Å². The van der Waals surface area contributed by atoms with Gasteiger partial charge in [-0.15, -0.1) is 0 Å². The zero-order valence-corrected chi connectivity index (χ0v) is 12.6. The Hall–Kier alpha value is -1.63. The fraction of sp³-hybridized carbons (Fsp3) is 0.769. The summed E-state index contributed by atoms with van der Waals surface area (Å²) in [6.45, 7) is 7.01. The molecular weight excluding hydrogens is 258 g/mol. The molecular formula is C13H25N5O2. The molecule has 0 aliphatic heterocycles. The molecule has 1 aromatic heterocycles. The zero-order valence-electron chi connectivity index (χ0n) is 12.6. The van der Waals surface area contributed by atoms with Crippen LogP contribution in [0.25, 0.3) is 0 Å². The van der Waals surface area contributed by atoms with Crippen molar-refractivity contribution in [3.05, 3.63) is 0 Å². The summed E-state index contributed by atoms with van der Waals surface area (Å²) in [4.78, 5) is 12.8. The van der Waals surface area contributed by atoms with E-state index in [0.717, 1.165) is 32.4 Å². The Labute approximate surface area is 120 Å². The Kier molecular flexibility index (Phi) is 8.37. The fourth-order valence-electron chi connectivity index (χ4n) is 1.43. The van der Waals surface area contributed by atoms with Gasteiger partial charge in [0, 0.05) is 26.8 Å². The Balaban J connectivity index is 2.64. The molecule has 7 nitrogen and oxygen atoms in total. The first-order valence-electron chi connectivity index (χ1n) is 7.15. The summed E-state index contributed by atoms with van der Waals surface area (Å²) in [6, 6.07) is 0.356.